The van der Waals surface area contributed by atoms with Gasteiger partial charge in [-0.05, 0) is 144 Å². The van der Waals surface area contributed by atoms with E-state index in [1.807, 2.05) is 48.5 Å². The number of rotatable bonds is 10. The Morgan fingerprint density at radius 1 is 0.347 bits per heavy atom. The van der Waals surface area contributed by atoms with E-state index in [0.29, 0.717) is 0 Å². The van der Waals surface area contributed by atoms with Crippen molar-refractivity contribution in [2.45, 2.75) is 19.3 Å². The molecule has 6 aromatic carbocycles. The van der Waals surface area contributed by atoms with Crippen molar-refractivity contribution >= 4 is 34.1 Å². The highest BCUT2D eigenvalue weighted by molar-refractivity contribution is 5.88. The Morgan fingerprint density at radius 2 is 0.592 bits per heavy atom. The Hall–Kier alpha value is -5.88. The third-order valence-corrected chi connectivity index (χ3v) is 9.48. The first-order chi connectivity index (χ1) is 23.8. The molecule has 0 aromatic heterocycles. The highest BCUT2D eigenvalue weighted by Gasteiger charge is 2.37. The second-order valence-electron chi connectivity index (χ2n) is 12.5. The van der Waals surface area contributed by atoms with Gasteiger partial charge in [-0.1, -0.05) is 26.0 Å². The minimum Gasteiger partial charge on any atom is -0.497 e. The minimum absolute atomic E-state index is 0.256. The molecule has 49 heavy (non-hydrogen) atoms. The van der Waals surface area contributed by atoms with Gasteiger partial charge >= 0.3 is 0 Å². The molecule has 1 aliphatic rings. The van der Waals surface area contributed by atoms with Crippen LogP contribution in [0.2, 0.25) is 0 Å². The molecule has 0 spiro atoms. The molecule has 6 aromatic rings. The van der Waals surface area contributed by atoms with Crippen LogP contribution >= 0.6 is 0 Å². The van der Waals surface area contributed by atoms with Crippen LogP contribution in [0, 0.1) is 0 Å². The molecule has 1 aliphatic carbocycles. The molecule has 0 N–H and O–H groups in total. The summed E-state index contributed by atoms with van der Waals surface area (Å²) >= 11 is 0. The van der Waals surface area contributed by atoms with Gasteiger partial charge in [-0.3, -0.25) is 0 Å². The summed E-state index contributed by atoms with van der Waals surface area (Å²) in [6.07, 6.45) is 0. The van der Waals surface area contributed by atoms with Crippen molar-refractivity contribution < 1.29 is 18.9 Å². The fourth-order valence-electron chi connectivity index (χ4n) is 6.81. The van der Waals surface area contributed by atoms with Gasteiger partial charge in [-0.2, -0.15) is 0 Å². The fourth-order valence-corrected chi connectivity index (χ4v) is 6.81. The van der Waals surface area contributed by atoms with Gasteiger partial charge in [0.1, 0.15) is 23.0 Å². The van der Waals surface area contributed by atoms with Gasteiger partial charge < -0.3 is 28.7 Å². The molecule has 0 saturated carbocycles. The first-order valence-electron chi connectivity index (χ1n) is 16.3. The summed E-state index contributed by atoms with van der Waals surface area (Å²) in [6, 6.07) is 46.4. The summed E-state index contributed by atoms with van der Waals surface area (Å²) in [5.74, 6) is 3.27. The fraction of sp³-hybridized carbons (Fsp3) is 0.163. The standard InChI is InChI=1S/C43H40N2O4/c1-43(2)41-27-33(44(29-7-17-35(46-3)18-8-29)30-9-19-36(47-4)20-10-30)15-25-39(41)40-26-16-34(28-42(40)43)45(31-11-21-37(48-5)22-12-31)32-13-23-38(49-6)24-14-32/h7-28H,1-6H3. The Bertz CT molecular complexity index is 1830. The van der Waals surface area contributed by atoms with Crippen LogP contribution in [0.5, 0.6) is 23.0 Å². The molecule has 6 nitrogen and oxygen atoms in total. The van der Waals surface area contributed by atoms with E-state index in [1.165, 1.54) is 22.3 Å². The molecule has 0 unspecified atom stereocenters. The van der Waals surface area contributed by atoms with E-state index in [1.54, 1.807) is 28.4 Å². The maximum absolute atomic E-state index is 5.47. The van der Waals surface area contributed by atoms with Crippen molar-refractivity contribution in [3.63, 3.8) is 0 Å². The lowest BCUT2D eigenvalue weighted by Gasteiger charge is -2.29. The summed E-state index contributed by atoms with van der Waals surface area (Å²) in [4.78, 5) is 4.55. The molecule has 6 heteroatoms. The van der Waals surface area contributed by atoms with E-state index in [4.69, 9.17) is 18.9 Å². The number of ether oxygens (including phenoxy) is 4. The van der Waals surface area contributed by atoms with Crippen LogP contribution in [0.3, 0.4) is 0 Å². The maximum Gasteiger partial charge on any atom is 0.119 e. The maximum atomic E-state index is 5.47. The number of hydrogen-bond acceptors (Lipinski definition) is 6. The van der Waals surface area contributed by atoms with Crippen molar-refractivity contribution in [3.8, 4) is 34.1 Å². The van der Waals surface area contributed by atoms with Crippen molar-refractivity contribution in [1.29, 1.82) is 0 Å². The van der Waals surface area contributed by atoms with E-state index in [2.05, 4.69) is 109 Å². The number of methoxy groups -OCH3 is 4. The van der Waals surface area contributed by atoms with Gasteiger partial charge in [0, 0.05) is 39.5 Å². The predicted octanol–water partition coefficient (Wildman–Crippen LogP) is 11.0. The molecule has 0 saturated heterocycles. The van der Waals surface area contributed by atoms with Crippen LogP contribution in [0.4, 0.5) is 34.1 Å². The van der Waals surface area contributed by atoms with Gasteiger partial charge in [0.2, 0.25) is 0 Å². The molecule has 0 heterocycles. The predicted molar refractivity (Wildman–Crippen MR) is 200 cm³/mol. The molecule has 0 atom stereocenters. The number of benzene rings is 6. The van der Waals surface area contributed by atoms with Crippen molar-refractivity contribution in [3.05, 3.63) is 145 Å². The molecule has 7 rings (SSSR count). The van der Waals surface area contributed by atoms with Crippen molar-refractivity contribution in [2.75, 3.05) is 38.2 Å². The zero-order valence-electron chi connectivity index (χ0n) is 28.7. The Kier molecular flexibility index (Phi) is 8.39. The molecule has 0 fully saturated rings. The van der Waals surface area contributed by atoms with Gasteiger partial charge in [-0.25, -0.2) is 0 Å². The Labute approximate surface area is 288 Å². The summed E-state index contributed by atoms with van der Waals surface area (Å²) in [5.41, 5.74) is 11.1. The third kappa shape index (κ3) is 5.80. The highest BCUT2D eigenvalue weighted by atomic mass is 16.5. The van der Waals surface area contributed by atoms with Gasteiger partial charge in [-0.15, -0.1) is 0 Å². The quantitative estimate of drug-likeness (QED) is 0.147. The van der Waals surface area contributed by atoms with E-state index in [9.17, 15) is 0 Å². The van der Waals surface area contributed by atoms with Crippen LogP contribution in [-0.2, 0) is 5.41 Å². The van der Waals surface area contributed by atoms with E-state index >= 15 is 0 Å². The number of fused-ring (bicyclic) bond motifs is 3. The Balaban J connectivity index is 1.31. The van der Waals surface area contributed by atoms with Crippen LogP contribution in [-0.4, -0.2) is 28.4 Å². The smallest absolute Gasteiger partial charge is 0.119 e. The topological polar surface area (TPSA) is 43.4 Å². The second kappa shape index (κ2) is 13.0. The van der Waals surface area contributed by atoms with Gasteiger partial charge in [0.05, 0.1) is 28.4 Å². The van der Waals surface area contributed by atoms with Gasteiger partial charge in [0.15, 0.2) is 0 Å². The van der Waals surface area contributed by atoms with E-state index < -0.39 is 0 Å². The summed E-state index contributed by atoms with van der Waals surface area (Å²) in [5, 5.41) is 0. The van der Waals surface area contributed by atoms with Crippen LogP contribution in [0.1, 0.15) is 25.0 Å². The number of anilines is 6. The minimum atomic E-state index is -0.256. The lowest BCUT2D eigenvalue weighted by atomic mass is 9.82. The lowest BCUT2D eigenvalue weighted by molar-refractivity contribution is 0.414. The summed E-state index contributed by atoms with van der Waals surface area (Å²) in [7, 11) is 6.76. The average molecular weight is 649 g/mol. The summed E-state index contributed by atoms with van der Waals surface area (Å²) < 4.78 is 21.9. The Morgan fingerprint density at radius 3 is 0.837 bits per heavy atom. The zero-order valence-corrected chi connectivity index (χ0v) is 28.7. The molecule has 0 bridgehead atoms. The van der Waals surface area contributed by atoms with Crippen LogP contribution < -0.4 is 28.7 Å². The normalized spacial score (nSPS) is 12.4. The molecule has 246 valence electrons. The van der Waals surface area contributed by atoms with E-state index in [-0.39, 0.29) is 5.41 Å². The molecular formula is C43H40N2O4. The number of nitrogens with zero attached hydrogens (tertiary/aromatic N) is 2. The lowest BCUT2D eigenvalue weighted by Crippen LogP contribution is -2.17. The summed E-state index contributed by atoms with van der Waals surface area (Å²) in [6.45, 7) is 4.64. The van der Waals surface area contributed by atoms with Gasteiger partial charge in [0.25, 0.3) is 0 Å². The first kappa shape index (κ1) is 31.7. The molecule has 0 amide bonds. The van der Waals surface area contributed by atoms with Crippen LogP contribution in [0.15, 0.2) is 133 Å². The average Bonchev–Trinajstić information content (AvgIpc) is 3.38. The first-order valence-corrected chi connectivity index (χ1v) is 16.3. The van der Waals surface area contributed by atoms with Crippen LogP contribution in [0.25, 0.3) is 11.1 Å². The van der Waals surface area contributed by atoms with Crippen molar-refractivity contribution in [2.24, 2.45) is 0 Å². The monoisotopic (exact) mass is 648 g/mol. The highest BCUT2D eigenvalue weighted by Crippen LogP contribution is 2.52. The second-order valence-corrected chi connectivity index (χ2v) is 12.5. The largest absolute Gasteiger partial charge is 0.497 e. The zero-order chi connectivity index (χ0) is 34.1. The van der Waals surface area contributed by atoms with Crippen molar-refractivity contribution in [1.82, 2.24) is 0 Å². The molecule has 0 aliphatic heterocycles. The third-order valence-electron chi connectivity index (χ3n) is 9.48. The molecular weight excluding hydrogens is 608 g/mol. The van der Waals surface area contributed by atoms with E-state index in [0.717, 1.165) is 57.1 Å². The number of hydrogen-bond donors (Lipinski definition) is 0. The molecule has 0 radical (unpaired) electrons. The SMILES string of the molecule is COc1ccc(N(c2ccc(OC)cc2)c2ccc3c(c2)C(C)(C)c2cc(N(c4ccc(OC)cc4)c4ccc(OC)cc4)ccc2-3)cc1.